The molecule has 1 aromatic carbocycles. The number of nitrogens with two attached hydrogens (primary N) is 1. The Morgan fingerprint density at radius 3 is 2.07 bits per heavy atom. The maximum atomic E-state index is 12.5. The van der Waals surface area contributed by atoms with Crippen LogP contribution in [0.5, 0.6) is 5.75 Å². The van der Waals surface area contributed by atoms with Crippen LogP contribution in [0.1, 0.15) is 12.5 Å². The highest BCUT2D eigenvalue weighted by atomic mass is 16.4. The number of phenolic OH excluding ortho intramolecular Hbond substituents is 1. The molecule has 11 nitrogen and oxygen atoms in total. The van der Waals surface area contributed by atoms with Gasteiger partial charge in [-0.1, -0.05) is 12.1 Å². The molecule has 28 heavy (non-hydrogen) atoms. The molecule has 0 fully saturated rings. The van der Waals surface area contributed by atoms with Gasteiger partial charge in [0.15, 0.2) is 0 Å². The van der Waals surface area contributed by atoms with Gasteiger partial charge >= 0.3 is 5.97 Å². The first-order valence-electron chi connectivity index (χ1n) is 8.39. The highest BCUT2D eigenvalue weighted by Gasteiger charge is 2.28. The number of carboxylic acids is 1. The number of carbonyl (C=O) groups is 4. The van der Waals surface area contributed by atoms with Crippen LogP contribution in [0.15, 0.2) is 24.3 Å². The van der Waals surface area contributed by atoms with Crippen molar-refractivity contribution in [2.45, 2.75) is 31.5 Å². The lowest BCUT2D eigenvalue weighted by atomic mass is 10.0. The van der Waals surface area contributed by atoms with Gasteiger partial charge in [-0.2, -0.15) is 0 Å². The molecule has 0 aliphatic heterocycles. The Bertz CT molecular complexity index is 708. The monoisotopic (exact) mass is 396 g/mol. The van der Waals surface area contributed by atoms with Crippen LogP contribution in [0.25, 0.3) is 0 Å². The number of benzene rings is 1. The summed E-state index contributed by atoms with van der Waals surface area (Å²) in [5.74, 6) is -3.52. The molecule has 1 rings (SSSR count). The van der Waals surface area contributed by atoms with Crippen molar-refractivity contribution < 1.29 is 34.5 Å². The number of nitrogens with one attached hydrogen (secondary N) is 3. The first-order chi connectivity index (χ1) is 13.2. The fourth-order valence-corrected chi connectivity index (χ4v) is 2.17. The molecule has 3 amide bonds. The Labute approximate surface area is 160 Å². The summed E-state index contributed by atoms with van der Waals surface area (Å²) in [6.45, 7) is 0.0889. The molecule has 0 aliphatic rings. The van der Waals surface area contributed by atoms with Crippen LogP contribution in [0.4, 0.5) is 0 Å². The van der Waals surface area contributed by atoms with E-state index in [0.717, 1.165) is 0 Å². The molecule has 0 saturated heterocycles. The minimum atomic E-state index is -1.41. The number of aliphatic hydroxyl groups excluding tert-OH is 1. The number of rotatable bonds is 10. The molecule has 0 aliphatic carbocycles. The SMILES string of the molecule is CC(NC(=O)C(CO)NC(=O)C(Cc1ccc(O)cc1)NC(=O)CN)C(=O)O. The van der Waals surface area contributed by atoms with Gasteiger partial charge in [0.25, 0.3) is 0 Å². The number of hydrogen-bond donors (Lipinski definition) is 7. The van der Waals surface area contributed by atoms with Crippen molar-refractivity contribution in [2.24, 2.45) is 5.73 Å². The van der Waals surface area contributed by atoms with E-state index < -0.39 is 48.4 Å². The van der Waals surface area contributed by atoms with E-state index in [1.54, 1.807) is 12.1 Å². The van der Waals surface area contributed by atoms with E-state index in [9.17, 15) is 29.4 Å². The summed E-state index contributed by atoms with van der Waals surface area (Å²) < 4.78 is 0. The lowest BCUT2D eigenvalue weighted by molar-refractivity contribution is -0.142. The largest absolute Gasteiger partial charge is 0.508 e. The number of aliphatic carboxylic acids is 1. The molecule has 11 heteroatoms. The molecule has 0 saturated carbocycles. The molecule has 3 unspecified atom stereocenters. The van der Waals surface area contributed by atoms with Gasteiger partial charge in [-0.25, -0.2) is 0 Å². The van der Waals surface area contributed by atoms with Gasteiger partial charge < -0.3 is 37.0 Å². The first-order valence-corrected chi connectivity index (χ1v) is 8.39. The van der Waals surface area contributed by atoms with E-state index >= 15 is 0 Å². The summed E-state index contributed by atoms with van der Waals surface area (Å²) in [6.07, 6.45) is 0.0309. The molecular weight excluding hydrogens is 372 g/mol. The Kier molecular flexibility index (Phi) is 8.85. The maximum absolute atomic E-state index is 12.5. The van der Waals surface area contributed by atoms with Crippen molar-refractivity contribution in [3.05, 3.63) is 29.8 Å². The van der Waals surface area contributed by atoms with Gasteiger partial charge in [0.05, 0.1) is 13.2 Å². The average Bonchev–Trinajstić information content (AvgIpc) is 2.66. The summed E-state index contributed by atoms with van der Waals surface area (Å²) in [5.41, 5.74) is 5.87. The summed E-state index contributed by atoms with van der Waals surface area (Å²) in [5, 5.41) is 34.3. The van der Waals surface area contributed by atoms with E-state index in [1.165, 1.54) is 19.1 Å². The second-order valence-corrected chi connectivity index (χ2v) is 6.01. The molecule has 3 atom stereocenters. The number of hydrogen-bond acceptors (Lipinski definition) is 7. The zero-order valence-electron chi connectivity index (χ0n) is 15.2. The fourth-order valence-electron chi connectivity index (χ4n) is 2.17. The summed E-state index contributed by atoms with van der Waals surface area (Å²) in [6, 6.07) is 2.18. The van der Waals surface area contributed by atoms with E-state index in [4.69, 9.17) is 10.8 Å². The number of aromatic hydroxyl groups is 1. The van der Waals surface area contributed by atoms with Crippen LogP contribution in [-0.4, -0.2) is 70.3 Å². The van der Waals surface area contributed by atoms with Crippen LogP contribution in [0.2, 0.25) is 0 Å². The molecule has 0 aromatic heterocycles. The Hall–Kier alpha value is -3.18. The number of carboxylic acid groups (broad SMARTS) is 1. The quantitative estimate of drug-likeness (QED) is 0.225. The predicted molar refractivity (Wildman–Crippen MR) is 97.1 cm³/mol. The highest BCUT2D eigenvalue weighted by molar-refractivity contribution is 5.93. The minimum Gasteiger partial charge on any atom is -0.508 e. The molecule has 0 radical (unpaired) electrons. The van der Waals surface area contributed by atoms with Crippen LogP contribution < -0.4 is 21.7 Å². The zero-order chi connectivity index (χ0) is 21.3. The predicted octanol–water partition coefficient (Wildman–Crippen LogP) is -2.56. The summed E-state index contributed by atoms with van der Waals surface area (Å²) in [7, 11) is 0. The third kappa shape index (κ3) is 7.21. The molecule has 0 heterocycles. The van der Waals surface area contributed by atoms with Crippen molar-refractivity contribution in [1.82, 2.24) is 16.0 Å². The summed E-state index contributed by atoms with van der Waals surface area (Å²) in [4.78, 5) is 47.0. The van der Waals surface area contributed by atoms with Crippen LogP contribution >= 0.6 is 0 Å². The normalized spacial score (nSPS) is 13.7. The lowest BCUT2D eigenvalue weighted by Gasteiger charge is -2.22. The van der Waals surface area contributed by atoms with E-state index in [2.05, 4.69) is 16.0 Å². The van der Waals surface area contributed by atoms with E-state index in [1.807, 2.05) is 0 Å². The van der Waals surface area contributed by atoms with Crippen molar-refractivity contribution in [3.8, 4) is 5.75 Å². The number of carbonyl (C=O) groups excluding carboxylic acids is 3. The molecule has 0 bridgehead atoms. The molecule has 1 aromatic rings. The Morgan fingerprint density at radius 2 is 1.57 bits per heavy atom. The van der Waals surface area contributed by atoms with Gasteiger partial charge in [0.2, 0.25) is 17.7 Å². The second-order valence-electron chi connectivity index (χ2n) is 6.01. The van der Waals surface area contributed by atoms with Crippen LogP contribution in [0, 0.1) is 0 Å². The number of aliphatic hydroxyl groups is 1. The van der Waals surface area contributed by atoms with Gasteiger partial charge in [-0.05, 0) is 24.6 Å². The van der Waals surface area contributed by atoms with Crippen molar-refractivity contribution in [1.29, 1.82) is 0 Å². The minimum absolute atomic E-state index is 0.0281. The van der Waals surface area contributed by atoms with E-state index in [0.29, 0.717) is 5.56 Å². The van der Waals surface area contributed by atoms with Gasteiger partial charge in [-0.15, -0.1) is 0 Å². The fraction of sp³-hybridized carbons (Fsp3) is 0.412. The maximum Gasteiger partial charge on any atom is 0.325 e. The van der Waals surface area contributed by atoms with Crippen molar-refractivity contribution in [2.75, 3.05) is 13.2 Å². The summed E-state index contributed by atoms with van der Waals surface area (Å²) >= 11 is 0. The van der Waals surface area contributed by atoms with Crippen LogP contribution in [0.3, 0.4) is 0 Å². The lowest BCUT2D eigenvalue weighted by Crippen LogP contribution is -2.57. The molecule has 154 valence electrons. The molecular formula is C17H24N4O7. The van der Waals surface area contributed by atoms with Crippen molar-refractivity contribution >= 4 is 23.7 Å². The van der Waals surface area contributed by atoms with Gasteiger partial charge in [0.1, 0.15) is 23.9 Å². The standard InChI is InChI=1S/C17H24N4O7/c1-9(17(27)28)19-16(26)13(8-22)21-15(25)12(20-14(24)7-18)6-10-2-4-11(23)5-3-10/h2-5,9,12-13,22-23H,6-8,18H2,1H3,(H,19,26)(H,20,24)(H,21,25)(H,27,28). The number of phenols is 1. The third-order valence-corrected chi connectivity index (χ3v) is 3.76. The average molecular weight is 396 g/mol. The van der Waals surface area contributed by atoms with Gasteiger partial charge in [-0.3, -0.25) is 19.2 Å². The third-order valence-electron chi connectivity index (χ3n) is 3.76. The Morgan fingerprint density at radius 1 is 1.00 bits per heavy atom. The highest BCUT2D eigenvalue weighted by Crippen LogP contribution is 2.11. The smallest absolute Gasteiger partial charge is 0.325 e. The van der Waals surface area contributed by atoms with Gasteiger partial charge in [0, 0.05) is 6.42 Å². The Balaban J connectivity index is 2.87. The van der Waals surface area contributed by atoms with Crippen molar-refractivity contribution in [3.63, 3.8) is 0 Å². The topological polar surface area (TPSA) is 191 Å². The first kappa shape index (κ1) is 22.9. The van der Waals surface area contributed by atoms with Crippen LogP contribution in [-0.2, 0) is 25.6 Å². The van der Waals surface area contributed by atoms with E-state index in [-0.39, 0.29) is 18.7 Å². The molecule has 8 N–H and O–H groups in total. The number of amides is 3. The second kappa shape index (κ2) is 10.8. The zero-order valence-corrected chi connectivity index (χ0v) is 15.2. The molecule has 0 spiro atoms.